The van der Waals surface area contributed by atoms with E-state index in [0.717, 1.165) is 30.4 Å². The van der Waals surface area contributed by atoms with E-state index in [4.69, 9.17) is 5.73 Å². The van der Waals surface area contributed by atoms with Crippen molar-refractivity contribution < 1.29 is 18.0 Å². The minimum absolute atomic E-state index is 0.167. The summed E-state index contributed by atoms with van der Waals surface area (Å²) in [6.07, 6.45) is -0.590. The van der Waals surface area contributed by atoms with Crippen LogP contribution in [0.4, 0.5) is 23.8 Å². The number of aromatic nitrogens is 5. The second-order valence-corrected chi connectivity index (χ2v) is 8.95. The van der Waals surface area contributed by atoms with Gasteiger partial charge in [0.25, 0.3) is 0 Å². The third kappa shape index (κ3) is 3.66. The van der Waals surface area contributed by atoms with E-state index >= 15 is 0 Å². The fourth-order valence-electron chi connectivity index (χ4n) is 4.73. The van der Waals surface area contributed by atoms with Crippen LogP contribution in [0.25, 0.3) is 11.3 Å². The Morgan fingerprint density at radius 2 is 2.06 bits per heavy atom. The van der Waals surface area contributed by atoms with Crippen LogP contribution in [0, 0.1) is 0 Å². The van der Waals surface area contributed by atoms with Crippen molar-refractivity contribution in [2.24, 2.45) is 0 Å². The Labute approximate surface area is 193 Å². The second-order valence-electron chi connectivity index (χ2n) is 8.95. The first kappa shape index (κ1) is 22.2. The lowest BCUT2D eigenvalue weighted by Crippen LogP contribution is -2.62. The summed E-state index contributed by atoms with van der Waals surface area (Å²) in [6.45, 7) is 6.33. The second kappa shape index (κ2) is 7.74. The summed E-state index contributed by atoms with van der Waals surface area (Å²) in [5, 5.41) is 11.9. The molecule has 180 valence electrons. The van der Waals surface area contributed by atoms with E-state index in [1.54, 1.807) is 11.0 Å². The number of carbonyl (C=O) groups is 1. The van der Waals surface area contributed by atoms with Crippen LogP contribution in [0.1, 0.15) is 43.3 Å². The minimum atomic E-state index is -4.59. The number of alkyl halides is 3. The van der Waals surface area contributed by atoms with Gasteiger partial charge < -0.3 is 16.0 Å². The predicted octanol–water partition coefficient (Wildman–Crippen LogP) is 3.19. The number of halogens is 3. The van der Waals surface area contributed by atoms with Crippen LogP contribution < -0.4 is 11.1 Å². The molecular formula is C22H25F3N8O. The van der Waals surface area contributed by atoms with Gasteiger partial charge in [0.2, 0.25) is 0 Å². The molecule has 3 N–H and O–H groups in total. The molecule has 9 nitrogen and oxygen atoms in total. The van der Waals surface area contributed by atoms with Gasteiger partial charge in [-0.2, -0.15) is 23.4 Å². The molecule has 5 heterocycles. The van der Waals surface area contributed by atoms with Crippen molar-refractivity contribution in [2.45, 2.75) is 51.0 Å². The number of rotatable bonds is 4. The maximum atomic E-state index is 13.2. The highest BCUT2D eigenvalue weighted by Crippen LogP contribution is 2.44. The molecule has 2 amide bonds. The highest BCUT2D eigenvalue weighted by Gasteiger charge is 2.51. The standard InChI is InChI=1S/C22H25F3N8O/c1-3-32-6-4-16(29-32)13(2)28-20(34)31-11-21(12-31)5-7-33-18(21)9-17(30-33)14-8-15(22(23,24)25)19(26)27-10-14/h4,6,8-10,13H,3,5,7,11-12H2,1-2H3,(H2,26,27)(H,28,34). The van der Waals surface area contributed by atoms with Gasteiger partial charge in [-0.15, -0.1) is 0 Å². The maximum Gasteiger partial charge on any atom is 0.419 e. The maximum absolute atomic E-state index is 13.2. The molecule has 3 aromatic rings. The van der Waals surface area contributed by atoms with E-state index in [9.17, 15) is 18.0 Å². The molecule has 1 spiro atoms. The quantitative estimate of drug-likeness (QED) is 0.604. The number of anilines is 1. The molecule has 0 aromatic carbocycles. The van der Waals surface area contributed by atoms with Gasteiger partial charge in [0.15, 0.2) is 0 Å². The molecule has 2 aliphatic heterocycles. The molecule has 34 heavy (non-hydrogen) atoms. The molecule has 3 aromatic heterocycles. The lowest BCUT2D eigenvalue weighted by molar-refractivity contribution is -0.137. The number of hydrogen-bond donors (Lipinski definition) is 2. The third-order valence-electron chi connectivity index (χ3n) is 6.69. The third-order valence-corrected chi connectivity index (χ3v) is 6.69. The highest BCUT2D eigenvalue weighted by molar-refractivity contribution is 5.76. The summed E-state index contributed by atoms with van der Waals surface area (Å²) in [7, 11) is 0. The van der Waals surface area contributed by atoms with Gasteiger partial charge in [0, 0.05) is 55.2 Å². The van der Waals surface area contributed by atoms with Gasteiger partial charge in [-0.3, -0.25) is 9.36 Å². The van der Waals surface area contributed by atoms with E-state index < -0.39 is 17.6 Å². The van der Waals surface area contributed by atoms with Crippen molar-refractivity contribution in [1.82, 2.24) is 34.8 Å². The van der Waals surface area contributed by atoms with Crippen molar-refractivity contribution >= 4 is 11.8 Å². The zero-order valence-corrected chi connectivity index (χ0v) is 18.8. The normalized spacial score (nSPS) is 17.5. The number of pyridine rings is 1. The van der Waals surface area contributed by atoms with E-state index in [-0.39, 0.29) is 23.1 Å². The van der Waals surface area contributed by atoms with Crippen LogP contribution in [0.3, 0.4) is 0 Å². The lowest BCUT2D eigenvalue weighted by atomic mass is 9.76. The van der Waals surface area contributed by atoms with Crippen molar-refractivity contribution in [2.75, 3.05) is 18.8 Å². The summed E-state index contributed by atoms with van der Waals surface area (Å²) in [6, 6.07) is 4.28. The van der Waals surface area contributed by atoms with Crippen molar-refractivity contribution in [1.29, 1.82) is 0 Å². The number of hydrogen-bond acceptors (Lipinski definition) is 5. The summed E-state index contributed by atoms with van der Waals surface area (Å²) in [4.78, 5) is 18.2. The van der Waals surface area contributed by atoms with E-state index in [1.165, 1.54) is 6.20 Å². The number of aryl methyl sites for hydroxylation is 2. The first-order valence-corrected chi connectivity index (χ1v) is 11.1. The van der Waals surface area contributed by atoms with Gasteiger partial charge in [-0.25, -0.2) is 9.78 Å². The zero-order valence-electron chi connectivity index (χ0n) is 18.8. The molecule has 12 heteroatoms. The summed E-state index contributed by atoms with van der Waals surface area (Å²) < 4.78 is 43.3. The summed E-state index contributed by atoms with van der Waals surface area (Å²) in [5.74, 6) is -0.559. The molecule has 0 radical (unpaired) electrons. The fraction of sp³-hybridized carbons (Fsp3) is 0.455. The smallest absolute Gasteiger partial charge is 0.383 e. The SMILES string of the molecule is CCn1ccc(C(C)NC(=O)N2CC3(CCn4nc(-c5cnc(N)c(C(F)(F)F)c5)cc43)C2)n1. The molecule has 0 bridgehead atoms. The number of urea groups is 1. The highest BCUT2D eigenvalue weighted by atomic mass is 19.4. The predicted molar refractivity (Wildman–Crippen MR) is 118 cm³/mol. The van der Waals surface area contributed by atoms with E-state index in [1.807, 2.05) is 35.5 Å². The molecule has 0 saturated carbocycles. The molecule has 5 rings (SSSR count). The topological polar surface area (TPSA) is 107 Å². The molecule has 0 aliphatic carbocycles. The average molecular weight is 474 g/mol. The van der Waals surface area contributed by atoms with Crippen LogP contribution in [0.5, 0.6) is 0 Å². The van der Waals surface area contributed by atoms with Gasteiger partial charge in [-0.1, -0.05) is 0 Å². The summed E-state index contributed by atoms with van der Waals surface area (Å²) >= 11 is 0. The Bertz CT molecular complexity index is 1240. The Kier molecular flexibility index (Phi) is 5.06. The molecule has 2 aliphatic rings. The van der Waals surface area contributed by atoms with Crippen molar-refractivity contribution in [3.8, 4) is 11.3 Å². The molecule has 1 unspecified atom stereocenters. The largest absolute Gasteiger partial charge is 0.419 e. The molecular weight excluding hydrogens is 449 g/mol. The number of fused-ring (bicyclic) bond motifs is 2. The molecule has 1 saturated heterocycles. The van der Waals surface area contributed by atoms with Crippen LogP contribution in [-0.4, -0.2) is 48.6 Å². The number of nitrogen functional groups attached to an aromatic ring is 1. The number of carbonyl (C=O) groups excluding carboxylic acids is 1. The number of nitrogens with two attached hydrogens (primary N) is 1. The van der Waals surface area contributed by atoms with Crippen LogP contribution in [0.15, 0.2) is 30.6 Å². The van der Waals surface area contributed by atoms with Gasteiger partial charge in [0.1, 0.15) is 5.82 Å². The van der Waals surface area contributed by atoms with Crippen LogP contribution in [-0.2, 0) is 24.7 Å². The van der Waals surface area contributed by atoms with E-state index in [2.05, 4.69) is 20.5 Å². The van der Waals surface area contributed by atoms with E-state index in [0.29, 0.717) is 25.3 Å². The zero-order chi connectivity index (χ0) is 24.3. The number of nitrogens with zero attached hydrogens (tertiary/aromatic N) is 6. The lowest BCUT2D eigenvalue weighted by Gasteiger charge is -2.47. The average Bonchev–Trinajstić information content (AvgIpc) is 3.46. The molecule has 1 fully saturated rings. The molecule has 1 atom stereocenters. The Balaban J connectivity index is 1.29. The van der Waals surface area contributed by atoms with Crippen LogP contribution >= 0.6 is 0 Å². The summed E-state index contributed by atoms with van der Waals surface area (Å²) in [5.41, 5.74) is 6.58. The number of amides is 2. The Hall–Kier alpha value is -3.57. The Morgan fingerprint density at radius 3 is 2.74 bits per heavy atom. The van der Waals surface area contributed by atoms with Gasteiger partial charge >= 0.3 is 12.2 Å². The van der Waals surface area contributed by atoms with Crippen molar-refractivity contribution in [3.05, 3.63) is 47.5 Å². The van der Waals surface area contributed by atoms with Gasteiger partial charge in [-0.05, 0) is 38.5 Å². The van der Waals surface area contributed by atoms with Crippen molar-refractivity contribution in [3.63, 3.8) is 0 Å². The Morgan fingerprint density at radius 1 is 1.29 bits per heavy atom. The number of likely N-dealkylation sites (tertiary alicyclic amines) is 1. The first-order chi connectivity index (χ1) is 16.1. The number of nitrogens with one attached hydrogen (secondary N) is 1. The minimum Gasteiger partial charge on any atom is -0.383 e. The fourth-order valence-corrected chi connectivity index (χ4v) is 4.73. The first-order valence-electron chi connectivity index (χ1n) is 11.1. The monoisotopic (exact) mass is 474 g/mol. The van der Waals surface area contributed by atoms with Gasteiger partial charge in [0.05, 0.1) is 23.0 Å². The van der Waals surface area contributed by atoms with Crippen LogP contribution in [0.2, 0.25) is 0 Å².